The zero-order chi connectivity index (χ0) is 23.6. The number of hydrogen-bond donors (Lipinski definition) is 1. The van der Waals surface area contributed by atoms with Gasteiger partial charge in [0, 0.05) is 13.1 Å². The first-order chi connectivity index (χ1) is 15.6. The van der Waals surface area contributed by atoms with Crippen molar-refractivity contribution in [2.45, 2.75) is 30.3 Å². The molecule has 9 heteroatoms. The van der Waals surface area contributed by atoms with Gasteiger partial charge in [-0.15, -0.1) is 0 Å². The van der Waals surface area contributed by atoms with E-state index in [1.807, 2.05) is 17.0 Å². The number of nitrogens with one attached hydrogen (secondary N) is 1. The molecule has 0 bridgehead atoms. The van der Waals surface area contributed by atoms with E-state index in [4.69, 9.17) is 0 Å². The molecule has 3 aromatic rings. The van der Waals surface area contributed by atoms with Crippen molar-refractivity contribution in [2.24, 2.45) is 0 Å². The summed E-state index contributed by atoms with van der Waals surface area (Å²) in [6.45, 7) is 1.31. The minimum absolute atomic E-state index is 0.0170. The van der Waals surface area contributed by atoms with E-state index in [0.29, 0.717) is 24.2 Å². The third-order valence-electron chi connectivity index (χ3n) is 5.70. The predicted molar refractivity (Wildman–Crippen MR) is 122 cm³/mol. The van der Waals surface area contributed by atoms with E-state index in [0.717, 1.165) is 36.8 Å². The van der Waals surface area contributed by atoms with Crippen LogP contribution in [0.4, 0.5) is 24.5 Å². The fourth-order valence-corrected chi connectivity index (χ4v) is 5.19. The standard InChI is InChI=1S/C24H23F3N2O3S/c25-24(26,27)19-9-11-22(29-12-4-1-5-13-29)21(15-19)28-23(30)16-33(31,32)20-10-8-17-6-2-3-7-18(17)14-20/h2-3,6-11,14-15H,1,4-5,12-13,16H2,(H,28,30). The third kappa shape index (κ3) is 5.30. The zero-order valence-corrected chi connectivity index (χ0v) is 18.5. The van der Waals surface area contributed by atoms with E-state index in [9.17, 15) is 26.4 Å². The van der Waals surface area contributed by atoms with Gasteiger partial charge in [0.05, 0.1) is 21.8 Å². The lowest BCUT2D eigenvalue weighted by Crippen LogP contribution is -2.31. The molecule has 1 amide bonds. The van der Waals surface area contributed by atoms with Gasteiger partial charge in [-0.3, -0.25) is 4.79 Å². The summed E-state index contributed by atoms with van der Waals surface area (Å²) in [5, 5.41) is 3.99. The summed E-state index contributed by atoms with van der Waals surface area (Å²) in [6, 6.07) is 15.0. The monoisotopic (exact) mass is 476 g/mol. The summed E-state index contributed by atoms with van der Waals surface area (Å²) in [7, 11) is -4.00. The number of benzene rings is 3. The minimum atomic E-state index is -4.59. The van der Waals surface area contributed by atoms with Gasteiger partial charge in [0.15, 0.2) is 9.84 Å². The van der Waals surface area contributed by atoms with E-state index in [-0.39, 0.29) is 10.6 Å². The molecule has 33 heavy (non-hydrogen) atoms. The fraction of sp³-hybridized carbons (Fsp3) is 0.292. The highest BCUT2D eigenvalue weighted by molar-refractivity contribution is 7.92. The van der Waals surface area contributed by atoms with Crippen LogP contribution < -0.4 is 10.2 Å². The molecule has 4 rings (SSSR count). The summed E-state index contributed by atoms with van der Waals surface area (Å²) >= 11 is 0. The Labute approximate surface area is 190 Å². The first-order valence-electron chi connectivity index (χ1n) is 10.6. The van der Waals surface area contributed by atoms with Crippen molar-refractivity contribution >= 4 is 37.9 Å². The molecule has 1 N–H and O–H groups in total. The Bertz CT molecular complexity index is 1280. The number of nitrogens with zero attached hydrogens (tertiary/aromatic N) is 1. The number of alkyl halides is 3. The Hall–Kier alpha value is -3.07. The van der Waals surface area contributed by atoms with Crippen LogP contribution in [-0.2, 0) is 20.8 Å². The molecule has 0 aromatic heterocycles. The van der Waals surface area contributed by atoms with Crippen LogP contribution >= 0.6 is 0 Å². The molecule has 0 radical (unpaired) electrons. The Balaban J connectivity index is 1.59. The molecule has 174 valence electrons. The van der Waals surface area contributed by atoms with Crippen LogP contribution in [0.3, 0.4) is 0 Å². The van der Waals surface area contributed by atoms with Crippen LogP contribution in [0.1, 0.15) is 24.8 Å². The second-order valence-electron chi connectivity index (χ2n) is 8.09. The van der Waals surface area contributed by atoms with Crippen LogP contribution in [0.2, 0.25) is 0 Å². The average molecular weight is 477 g/mol. The summed E-state index contributed by atoms with van der Waals surface area (Å²) in [5.74, 6) is -1.76. The predicted octanol–water partition coefficient (Wildman–Crippen LogP) is 5.26. The smallest absolute Gasteiger partial charge is 0.370 e. The summed E-state index contributed by atoms with van der Waals surface area (Å²) in [6.07, 6.45) is -1.77. The lowest BCUT2D eigenvalue weighted by Gasteiger charge is -2.31. The second kappa shape index (κ2) is 9.05. The van der Waals surface area contributed by atoms with E-state index in [1.54, 1.807) is 18.2 Å². The number of anilines is 2. The Morgan fingerprint density at radius 1 is 0.909 bits per heavy atom. The molecule has 0 aliphatic carbocycles. The lowest BCUT2D eigenvalue weighted by atomic mass is 10.1. The Morgan fingerprint density at radius 3 is 2.30 bits per heavy atom. The number of amides is 1. The maximum Gasteiger partial charge on any atom is 0.416 e. The quantitative estimate of drug-likeness (QED) is 0.546. The van der Waals surface area contributed by atoms with Gasteiger partial charge in [0.25, 0.3) is 0 Å². The molecular formula is C24H23F3N2O3S. The molecule has 1 saturated heterocycles. The van der Waals surface area contributed by atoms with Gasteiger partial charge in [-0.2, -0.15) is 13.2 Å². The largest absolute Gasteiger partial charge is 0.416 e. The van der Waals surface area contributed by atoms with Gasteiger partial charge in [-0.25, -0.2) is 8.42 Å². The van der Waals surface area contributed by atoms with Crippen LogP contribution in [0.15, 0.2) is 65.6 Å². The Morgan fingerprint density at radius 2 is 1.61 bits per heavy atom. The Kier molecular flexibility index (Phi) is 6.34. The van der Waals surface area contributed by atoms with Crippen LogP contribution in [0, 0.1) is 0 Å². The van der Waals surface area contributed by atoms with Crippen LogP contribution in [-0.4, -0.2) is 33.2 Å². The van der Waals surface area contributed by atoms with E-state index >= 15 is 0 Å². The van der Waals surface area contributed by atoms with Crippen molar-refractivity contribution in [1.29, 1.82) is 0 Å². The minimum Gasteiger partial charge on any atom is -0.370 e. The van der Waals surface area contributed by atoms with Gasteiger partial charge < -0.3 is 10.2 Å². The first-order valence-corrected chi connectivity index (χ1v) is 12.3. The van der Waals surface area contributed by atoms with Crippen molar-refractivity contribution < 1.29 is 26.4 Å². The summed E-state index contributed by atoms with van der Waals surface area (Å²) in [4.78, 5) is 14.6. The molecule has 0 spiro atoms. The van der Waals surface area contributed by atoms with Gasteiger partial charge >= 0.3 is 6.18 Å². The number of halogens is 3. The molecule has 0 atom stereocenters. The third-order valence-corrected chi connectivity index (χ3v) is 7.31. The van der Waals surface area contributed by atoms with E-state index in [1.165, 1.54) is 18.2 Å². The molecule has 1 aliphatic heterocycles. The van der Waals surface area contributed by atoms with Gasteiger partial charge in [-0.05, 0) is 60.4 Å². The number of rotatable bonds is 5. The molecule has 0 unspecified atom stereocenters. The van der Waals surface area contributed by atoms with Crippen molar-refractivity contribution in [3.63, 3.8) is 0 Å². The van der Waals surface area contributed by atoms with Gasteiger partial charge in [-0.1, -0.05) is 30.3 Å². The highest BCUT2D eigenvalue weighted by Crippen LogP contribution is 2.36. The van der Waals surface area contributed by atoms with Crippen molar-refractivity contribution in [3.05, 3.63) is 66.2 Å². The van der Waals surface area contributed by atoms with E-state index < -0.39 is 33.2 Å². The maximum absolute atomic E-state index is 13.3. The summed E-state index contributed by atoms with van der Waals surface area (Å²) < 4.78 is 65.5. The lowest BCUT2D eigenvalue weighted by molar-refractivity contribution is -0.137. The number of carbonyl (C=O) groups is 1. The van der Waals surface area contributed by atoms with Crippen molar-refractivity contribution in [2.75, 3.05) is 29.1 Å². The normalized spacial score (nSPS) is 14.9. The molecule has 5 nitrogen and oxygen atoms in total. The highest BCUT2D eigenvalue weighted by atomic mass is 32.2. The fourth-order valence-electron chi connectivity index (χ4n) is 4.03. The van der Waals surface area contributed by atoms with Crippen LogP contribution in [0.5, 0.6) is 0 Å². The molecular weight excluding hydrogens is 453 g/mol. The summed E-state index contributed by atoms with van der Waals surface area (Å²) in [5.41, 5.74) is -0.486. The molecule has 3 aromatic carbocycles. The highest BCUT2D eigenvalue weighted by Gasteiger charge is 2.32. The topological polar surface area (TPSA) is 66.5 Å². The average Bonchev–Trinajstić information content (AvgIpc) is 2.78. The molecule has 1 aliphatic rings. The SMILES string of the molecule is O=C(CS(=O)(=O)c1ccc2ccccc2c1)Nc1cc(C(F)(F)F)ccc1N1CCCCC1. The van der Waals surface area contributed by atoms with Gasteiger partial charge in [0.1, 0.15) is 5.75 Å². The van der Waals surface area contributed by atoms with Gasteiger partial charge in [0.2, 0.25) is 5.91 Å². The number of hydrogen-bond acceptors (Lipinski definition) is 4. The number of carbonyl (C=O) groups excluding carboxylic acids is 1. The molecule has 1 heterocycles. The number of sulfone groups is 1. The second-order valence-corrected chi connectivity index (χ2v) is 10.1. The van der Waals surface area contributed by atoms with Crippen molar-refractivity contribution in [3.8, 4) is 0 Å². The van der Waals surface area contributed by atoms with Crippen LogP contribution in [0.25, 0.3) is 10.8 Å². The van der Waals surface area contributed by atoms with Crippen molar-refractivity contribution in [1.82, 2.24) is 0 Å². The molecule has 0 saturated carbocycles. The zero-order valence-electron chi connectivity index (χ0n) is 17.7. The molecule has 1 fully saturated rings. The first kappa shape index (κ1) is 23.1. The maximum atomic E-state index is 13.3. The van der Waals surface area contributed by atoms with E-state index in [2.05, 4.69) is 5.32 Å². The number of piperidine rings is 1. The number of fused-ring (bicyclic) bond motifs is 1.